The number of carbonyl (C=O) groups excluding carboxylic acids is 1. The molecular formula is C26H31N3O5. The zero-order valence-corrected chi connectivity index (χ0v) is 20.0. The van der Waals surface area contributed by atoms with Gasteiger partial charge in [0.05, 0.1) is 32.1 Å². The molecule has 0 bridgehead atoms. The molecule has 2 aromatic rings. The second kappa shape index (κ2) is 9.08. The SMILES string of the molecule is CCOC(=O)N1CCC2(CC1)Oc1c(OC)cccc1[C@H]1CC(c3ccc(OCC)cc3)=NN12. The Kier molecular flexibility index (Phi) is 5.98. The molecule has 8 nitrogen and oxygen atoms in total. The Morgan fingerprint density at radius 2 is 1.88 bits per heavy atom. The Morgan fingerprint density at radius 3 is 2.56 bits per heavy atom. The second-order valence-corrected chi connectivity index (χ2v) is 8.68. The molecule has 5 rings (SSSR count). The monoisotopic (exact) mass is 465 g/mol. The fourth-order valence-electron chi connectivity index (χ4n) is 5.10. The van der Waals surface area contributed by atoms with E-state index in [0.29, 0.717) is 39.1 Å². The highest BCUT2D eigenvalue weighted by Gasteiger charge is 2.53. The van der Waals surface area contributed by atoms with Gasteiger partial charge < -0.3 is 23.8 Å². The van der Waals surface area contributed by atoms with E-state index in [1.54, 1.807) is 12.0 Å². The van der Waals surface area contributed by atoms with Crippen LogP contribution < -0.4 is 14.2 Å². The quantitative estimate of drug-likeness (QED) is 0.643. The topological polar surface area (TPSA) is 72.8 Å². The van der Waals surface area contributed by atoms with Crippen molar-refractivity contribution in [2.24, 2.45) is 5.10 Å². The van der Waals surface area contributed by atoms with Gasteiger partial charge >= 0.3 is 6.09 Å². The molecule has 3 aliphatic heterocycles. The largest absolute Gasteiger partial charge is 0.494 e. The standard InChI is InChI=1S/C26H31N3O5/c1-4-32-19-11-9-18(10-12-19)21-17-22-20-7-6-8-23(31-3)24(20)34-26(29(22)27-21)13-15-28(16-14-26)25(30)33-5-2/h6-12,22H,4-5,13-17H2,1-3H3/t22-/m1/s1. The third-order valence-corrected chi connectivity index (χ3v) is 6.78. The summed E-state index contributed by atoms with van der Waals surface area (Å²) in [5.74, 6) is 2.35. The van der Waals surface area contributed by atoms with E-state index in [-0.39, 0.29) is 12.1 Å². The Hall–Kier alpha value is -3.42. The lowest BCUT2D eigenvalue weighted by Gasteiger charge is -2.51. The number of piperidine rings is 1. The molecule has 0 saturated carbocycles. The lowest BCUT2D eigenvalue weighted by Crippen LogP contribution is -2.59. The van der Waals surface area contributed by atoms with Crippen LogP contribution >= 0.6 is 0 Å². The van der Waals surface area contributed by atoms with Crippen molar-refractivity contribution >= 4 is 11.8 Å². The highest BCUT2D eigenvalue weighted by Crippen LogP contribution is 2.52. The molecular weight excluding hydrogens is 434 g/mol. The van der Waals surface area contributed by atoms with Crippen molar-refractivity contribution in [3.63, 3.8) is 0 Å². The number of hydrogen-bond donors (Lipinski definition) is 0. The number of ether oxygens (including phenoxy) is 4. The molecule has 34 heavy (non-hydrogen) atoms. The number of benzene rings is 2. The number of methoxy groups -OCH3 is 1. The minimum atomic E-state index is -0.650. The predicted molar refractivity (Wildman–Crippen MR) is 128 cm³/mol. The summed E-state index contributed by atoms with van der Waals surface area (Å²) in [7, 11) is 1.66. The number of carbonyl (C=O) groups is 1. The average Bonchev–Trinajstić information content (AvgIpc) is 3.32. The van der Waals surface area contributed by atoms with Crippen molar-refractivity contribution < 1.29 is 23.7 Å². The molecule has 0 aromatic heterocycles. The van der Waals surface area contributed by atoms with E-state index in [1.165, 1.54) is 0 Å². The van der Waals surface area contributed by atoms with E-state index in [2.05, 4.69) is 23.2 Å². The van der Waals surface area contributed by atoms with Crippen LogP contribution in [0.4, 0.5) is 4.79 Å². The van der Waals surface area contributed by atoms with Gasteiger partial charge in [-0.25, -0.2) is 9.80 Å². The van der Waals surface area contributed by atoms with Crippen LogP contribution in [0, 0.1) is 0 Å². The van der Waals surface area contributed by atoms with Crippen LogP contribution in [0.5, 0.6) is 17.2 Å². The molecule has 1 amide bonds. The fourth-order valence-corrected chi connectivity index (χ4v) is 5.10. The van der Waals surface area contributed by atoms with Crippen LogP contribution in [0.2, 0.25) is 0 Å². The van der Waals surface area contributed by atoms with Crippen molar-refractivity contribution in [3.05, 3.63) is 53.6 Å². The van der Waals surface area contributed by atoms with Gasteiger partial charge in [0, 0.05) is 37.9 Å². The van der Waals surface area contributed by atoms with Crippen molar-refractivity contribution in [1.29, 1.82) is 0 Å². The first-order chi connectivity index (χ1) is 16.6. The van der Waals surface area contributed by atoms with Gasteiger partial charge in [0.25, 0.3) is 0 Å². The smallest absolute Gasteiger partial charge is 0.409 e. The number of hydrazone groups is 1. The number of fused-ring (bicyclic) bond motifs is 4. The Labute approximate surface area is 200 Å². The first-order valence-electron chi connectivity index (χ1n) is 12.0. The molecule has 180 valence electrons. The minimum absolute atomic E-state index is 0.0366. The average molecular weight is 466 g/mol. The zero-order chi connectivity index (χ0) is 23.7. The van der Waals surface area contributed by atoms with Gasteiger partial charge in [-0.3, -0.25) is 0 Å². The number of hydrogen-bond acceptors (Lipinski definition) is 7. The molecule has 1 saturated heterocycles. The van der Waals surface area contributed by atoms with Crippen molar-refractivity contribution in [3.8, 4) is 17.2 Å². The van der Waals surface area contributed by atoms with Crippen LogP contribution in [0.1, 0.15) is 50.3 Å². The van der Waals surface area contributed by atoms with E-state index in [4.69, 9.17) is 24.0 Å². The molecule has 0 unspecified atom stereocenters. The summed E-state index contributed by atoms with van der Waals surface area (Å²) in [6.45, 7) is 5.89. The fraction of sp³-hybridized carbons (Fsp3) is 0.462. The summed E-state index contributed by atoms with van der Waals surface area (Å²) in [5, 5.41) is 7.23. The summed E-state index contributed by atoms with van der Waals surface area (Å²) < 4.78 is 23.2. The maximum Gasteiger partial charge on any atom is 0.409 e. The van der Waals surface area contributed by atoms with Crippen molar-refractivity contribution in [2.75, 3.05) is 33.4 Å². The molecule has 1 fully saturated rings. The lowest BCUT2D eigenvalue weighted by atomic mass is 9.90. The molecule has 1 atom stereocenters. The van der Waals surface area contributed by atoms with Gasteiger partial charge in [-0.05, 0) is 49.7 Å². The van der Waals surface area contributed by atoms with Gasteiger partial charge in [0.1, 0.15) is 5.75 Å². The van der Waals surface area contributed by atoms with Gasteiger partial charge in [-0.1, -0.05) is 12.1 Å². The lowest BCUT2D eigenvalue weighted by molar-refractivity contribution is -0.148. The van der Waals surface area contributed by atoms with E-state index in [9.17, 15) is 4.79 Å². The molecule has 0 radical (unpaired) electrons. The molecule has 0 aliphatic carbocycles. The molecule has 1 spiro atoms. The summed E-state index contributed by atoms with van der Waals surface area (Å²) in [4.78, 5) is 14.0. The number of likely N-dealkylation sites (tertiary alicyclic amines) is 1. The minimum Gasteiger partial charge on any atom is -0.494 e. The number of amides is 1. The van der Waals surface area contributed by atoms with Crippen LogP contribution in [-0.2, 0) is 4.74 Å². The molecule has 3 aliphatic rings. The van der Waals surface area contributed by atoms with Gasteiger partial charge in [-0.2, -0.15) is 5.10 Å². The van der Waals surface area contributed by atoms with E-state index in [0.717, 1.165) is 40.5 Å². The maximum absolute atomic E-state index is 12.3. The van der Waals surface area contributed by atoms with E-state index < -0.39 is 5.72 Å². The van der Waals surface area contributed by atoms with Crippen LogP contribution in [-0.4, -0.2) is 60.9 Å². The normalized spacial score (nSPS) is 20.2. The Balaban J connectivity index is 1.48. The molecule has 3 heterocycles. The number of para-hydroxylation sites is 1. The summed E-state index contributed by atoms with van der Waals surface area (Å²) in [6.07, 6.45) is 1.74. The summed E-state index contributed by atoms with van der Waals surface area (Å²) >= 11 is 0. The van der Waals surface area contributed by atoms with Crippen LogP contribution in [0.25, 0.3) is 0 Å². The molecule has 2 aromatic carbocycles. The predicted octanol–water partition coefficient (Wildman–Crippen LogP) is 4.59. The number of rotatable bonds is 5. The summed E-state index contributed by atoms with van der Waals surface area (Å²) in [5.41, 5.74) is 2.51. The highest BCUT2D eigenvalue weighted by atomic mass is 16.6. The number of nitrogens with zero attached hydrogens (tertiary/aromatic N) is 3. The first-order valence-corrected chi connectivity index (χ1v) is 12.0. The zero-order valence-electron chi connectivity index (χ0n) is 20.0. The van der Waals surface area contributed by atoms with Crippen molar-refractivity contribution in [1.82, 2.24) is 9.91 Å². The van der Waals surface area contributed by atoms with Crippen molar-refractivity contribution in [2.45, 2.75) is 44.9 Å². The third-order valence-electron chi connectivity index (χ3n) is 6.78. The van der Waals surface area contributed by atoms with E-state index >= 15 is 0 Å². The molecule has 0 N–H and O–H groups in total. The maximum atomic E-state index is 12.3. The van der Waals surface area contributed by atoms with Crippen LogP contribution in [0.3, 0.4) is 0 Å². The first kappa shape index (κ1) is 22.4. The van der Waals surface area contributed by atoms with Gasteiger partial charge in [-0.15, -0.1) is 0 Å². The van der Waals surface area contributed by atoms with Crippen LogP contribution in [0.15, 0.2) is 47.6 Å². The highest BCUT2D eigenvalue weighted by molar-refractivity contribution is 6.02. The third kappa shape index (κ3) is 3.81. The van der Waals surface area contributed by atoms with Gasteiger partial charge in [0.2, 0.25) is 5.72 Å². The Morgan fingerprint density at radius 1 is 1.12 bits per heavy atom. The second-order valence-electron chi connectivity index (χ2n) is 8.68. The molecule has 8 heteroatoms. The summed E-state index contributed by atoms with van der Waals surface area (Å²) in [6, 6.07) is 14.1. The Bertz CT molecular complexity index is 1080. The van der Waals surface area contributed by atoms with E-state index in [1.807, 2.05) is 38.1 Å². The van der Waals surface area contributed by atoms with Gasteiger partial charge in [0.15, 0.2) is 11.5 Å².